The molecule has 2 saturated heterocycles. The molecule has 154 valence electrons. The predicted octanol–water partition coefficient (Wildman–Crippen LogP) is 3.22. The minimum Gasteiger partial charge on any atom is -0.393 e. The molecule has 0 atom stereocenters. The molecule has 0 unspecified atom stereocenters. The van der Waals surface area contributed by atoms with Crippen molar-refractivity contribution in [1.29, 1.82) is 0 Å². The number of anilines is 1. The Morgan fingerprint density at radius 1 is 1.04 bits per heavy atom. The molecule has 0 bridgehead atoms. The van der Waals surface area contributed by atoms with Gasteiger partial charge in [-0.3, -0.25) is 4.79 Å². The zero-order chi connectivity index (χ0) is 19.9. The topological polar surface area (TPSA) is 56.7 Å². The van der Waals surface area contributed by atoms with Crippen molar-refractivity contribution in [3.8, 4) is 0 Å². The fraction of sp³-hybridized carbons (Fsp3) is 0.700. The van der Waals surface area contributed by atoms with E-state index in [1.54, 1.807) is 0 Å². The number of carbonyl (C=O) groups excluding carboxylic acids is 1. The van der Waals surface area contributed by atoms with E-state index in [4.69, 9.17) is 0 Å². The van der Waals surface area contributed by atoms with Crippen LogP contribution < -0.4 is 4.90 Å². The first kappa shape index (κ1) is 19.5. The van der Waals surface area contributed by atoms with E-state index >= 15 is 0 Å². The maximum atomic E-state index is 13.2. The van der Waals surface area contributed by atoms with Crippen LogP contribution in [0.5, 0.6) is 0 Å². The molecular formula is C20H26F3N3O2. The van der Waals surface area contributed by atoms with Gasteiger partial charge in [0, 0.05) is 31.9 Å². The number of likely N-dealkylation sites (tertiary alicyclic amines) is 1. The molecular weight excluding hydrogens is 371 g/mol. The molecule has 1 amide bonds. The number of rotatable bonds is 2. The van der Waals surface area contributed by atoms with Crippen molar-refractivity contribution in [1.82, 2.24) is 9.88 Å². The van der Waals surface area contributed by atoms with Gasteiger partial charge in [-0.15, -0.1) is 0 Å². The standard InChI is InChI=1S/C20H26F3N3O2/c21-20(22,23)14-1-6-17(24-13-14)25-10-7-19(8-11-25)9-12-26(18(19)28)15-2-4-16(27)5-3-15/h1,6,13,15-16,27H,2-5,7-12H2. The molecule has 4 rings (SSSR count). The normalized spacial score (nSPS) is 28.2. The Hall–Kier alpha value is -1.83. The third-order valence-electron chi connectivity index (χ3n) is 6.77. The summed E-state index contributed by atoms with van der Waals surface area (Å²) in [7, 11) is 0. The number of hydrogen-bond acceptors (Lipinski definition) is 4. The third kappa shape index (κ3) is 3.58. The minimum atomic E-state index is -4.38. The van der Waals surface area contributed by atoms with E-state index in [1.165, 1.54) is 6.07 Å². The first-order valence-corrected chi connectivity index (χ1v) is 10.1. The Labute approximate surface area is 162 Å². The highest BCUT2D eigenvalue weighted by molar-refractivity contribution is 5.85. The Kier molecular flexibility index (Phi) is 5.02. The van der Waals surface area contributed by atoms with Crippen LogP contribution in [0.3, 0.4) is 0 Å². The van der Waals surface area contributed by atoms with E-state index < -0.39 is 11.7 Å². The van der Waals surface area contributed by atoms with Crippen molar-refractivity contribution in [3.63, 3.8) is 0 Å². The van der Waals surface area contributed by atoms with Crippen LogP contribution in [0.4, 0.5) is 19.0 Å². The maximum Gasteiger partial charge on any atom is 0.417 e. The summed E-state index contributed by atoms with van der Waals surface area (Å²) >= 11 is 0. The van der Waals surface area contributed by atoms with Gasteiger partial charge in [-0.05, 0) is 57.1 Å². The number of piperidine rings is 1. The Balaban J connectivity index is 1.38. The lowest BCUT2D eigenvalue weighted by Crippen LogP contribution is -2.47. The number of carbonyl (C=O) groups is 1. The molecule has 1 N–H and O–H groups in total. The predicted molar refractivity (Wildman–Crippen MR) is 97.7 cm³/mol. The van der Waals surface area contributed by atoms with Gasteiger partial charge in [0.05, 0.1) is 17.1 Å². The third-order valence-corrected chi connectivity index (χ3v) is 6.77. The second-order valence-corrected chi connectivity index (χ2v) is 8.38. The molecule has 1 spiro atoms. The number of aliphatic hydroxyl groups is 1. The quantitative estimate of drug-likeness (QED) is 0.833. The largest absolute Gasteiger partial charge is 0.417 e. The van der Waals surface area contributed by atoms with E-state index in [1.807, 2.05) is 9.80 Å². The van der Waals surface area contributed by atoms with Crippen molar-refractivity contribution in [2.75, 3.05) is 24.5 Å². The van der Waals surface area contributed by atoms with Crippen LogP contribution in [0.25, 0.3) is 0 Å². The number of aliphatic hydroxyl groups excluding tert-OH is 1. The first-order chi connectivity index (χ1) is 13.3. The molecule has 1 saturated carbocycles. The number of aromatic nitrogens is 1. The summed E-state index contributed by atoms with van der Waals surface area (Å²) in [4.78, 5) is 21.1. The van der Waals surface area contributed by atoms with Crippen LogP contribution in [-0.2, 0) is 11.0 Å². The highest BCUT2D eigenvalue weighted by atomic mass is 19.4. The van der Waals surface area contributed by atoms with Crippen molar-refractivity contribution in [2.24, 2.45) is 5.41 Å². The summed E-state index contributed by atoms with van der Waals surface area (Å²) < 4.78 is 38.1. The van der Waals surface area contributed by atoms with Gasteiger partial charge in [0.2, 0.25) is 5.91 Å². The molecule has 3 fully saturated rings. The van der Waals surface area contributed by atoms with Gasteiger partial charge >= 0.3 is 6.18 Å². The fourth-order valence-electron chi connectivity index (χ4n) is 4.93. The van der Waals surface area contributed by atoms with Gasteiger partial charge in [-0.2, -0.15) is 13.2 Å². The van der Waals surface area contributed by atoms with Gasteiger partial charge in [-0.1, -0.05) is 0 Å². The van der Waals surface area contributed by atoms with Crippen LogP contribution >= 0.6 is 0 Å². The maximum absolute atomic E-state index is 13.2. The van der Waals surface area contributed by atoms with Crippen LogP contribution in [0.15, 0.2) is 18.3 Å². The molecule has 3 heterocycles. The van der Waals surface area contributed by atoms with Gasteiger partial charge in [0.25, 0.3) is 0 Å². The monoisotopic (exact) mass is 397 g/mol. The van der Waals surface area contributed by atoms with Gasteiger partial charge in [-0.25, -0.2) is 4.98 Å². The lowest BCUT2D eigenvalue weighted by atomic mass is 9.77. The molecule has 0 aromatic carbocycles. The van der Waals surface area contributed by atoms with E-state index in [9.17, 15) is 23.1 Å². The number of amides is 1. The molecule has 5 nitrogen and oxygen atoms in total. The zero-order valence-electron chi connectivity index (χ0n) is 15.8. The van der Waals surface area contributed by atoms with Crippen molar-refractivity contribution in [2.45, 2.75) is 63.3 Å². The highest BCUT2D eigenvalue weighted by Gasteiger charge is 2.50. The number of nitrogens with zero attached hydrogens (tertiary/aromatic N) is 3. The van der Waals surface area contributed by atoms with Crippen molar-refractivity contribution in [3.05, 3.63) is 23.9 Å². The van der Waals surface area contributed by atoms with Crippen LogP contribution in [-0.4, -0.2) is 52.7 Å². The minimum absolute atomic E-state index is 0.230. The van der Waals surface area contributed by atoms with Gasteiger partial charge < -0.3 is 14.9 Å². The van der Waals surface area contributed by atoms with Gasteiger partial charge in [0.15, 0.2) is 0 Å². The lowest BCUT2D eigenvalue weighted by molar-refractivity contribution is -0.140. The molecule has 8 heteroatoms. The number of alkyl halides is 3. The van der Waals surface area contributed by atoms with E-state index in [2.05, 4.69) is 4.98 Å². The van der Waals surface area contributed by atoms with Crippen LogP contribution in [0, 0.1) is 5.41 Å². The van der Waals surface area contributed by atoms with Crippen LogP contribution in [0.2, 0.25) is 0 Å². The van der Waals surface area contributed by atoms with Crippen molar-refractivity contribution < 1.29 is 23.1 Å². The Bertz CT molecular complexity index is 706. The smallest absolute Gasteiger partial charge is 0.393 e. The summed E-state index contributed by atoms with van der Waals surface area (Å²) in [6.45, 7) is 2.03. The summed E-state index contributed by atoms with van der Waals surface area (Å²) in [5, 5.41) is 9.70. The fourth-order valence-corrected chi connectivity index (χ4v) is 4.93. The molecule has 0 radical (unpaired) electrons. The molecule has 2 aliphatic heterocycles. The second-order valence-electron chi connectivity index (χ2n) is 8.38. The average Bonchev–Trinajstić information content (AvgIpc) is 2.99. The summed E-state index contributed by atoms with van der Waals surface area (Å²) in [6, 6.07) is 2.72. The molecule has 3 aliphatic rings. The molecule has 28 heavy (non-hydrogen) atoms. The Morgan fingerprint density at radius 3 is 2.25 bits per heavy atom. The number of halogens is 3. The van der Waals surface area contributed by atoms with Crippen LogP contribution in [0.1, 0.15) is 50.5 Å². The highest BCUT2D eigenvalue weighted by Crippen LogP contribution is 2.44. The summed E-state index contributed by atoms with van der Waals surface area (Å²) in [5.74, 6) is 0.764. The molecule has 1 aromatic rings. The summed E-state index contributed by atoms with van der Waals surface area (Å²) in [6.07, 6.45) is 1.77. The first-order valence-electron chi connectivity index (χ1n) is 10.1. The average molecular weight is 397 g/mol. The van der Waals surface area contributed by atoms with Crippen molar-refractivity contribution >= 4 is 11.7 Å². The van der Waals surface area contributed by atoms with E-state index in [0.717, 1.165) is 50.9 Å². The Morgan fingerprint density at radius 2 is 1.68 bits per heavy atom. The zero-order valence-corrected chi connectivity index (χ0v) is 15.8. The lowest BCUT2D eigenvalue weighted by Gasteiger charge is -2.40. The SMILES string of the molecule is O=C1N(C2CCC(O)CC2)CCC12CCN(c1ccc(C(F)(F)F)cn1)CC2. The molecule has 1 aliphatic carbocycles. The number of pyridine rings is 1. The molecule has 1 aromatic heterocycles. The second kappa shape index (κ2) is 7.21. The number of hydrogen-bond donors (Lipinski definition) is 1. The summed E-state index contributed by atoms with van der Waals surface area (Å²) in [5.41, 5.74) is -1.08. The van der Waals surface area contributed by atoms with Gasteiger partial charge in [0.1, 0.15) is 5.82 Å². The van der Waals surface area contributed by atoms with E-state index in [-0.39, 0.29) is 23.5 Å². The van der Waals surface area contributed by atoms with E-state index in [0.29, 0.717) is 31.7 Å².